The van der Waals surface area contributed by atoms with E-state index in [-0.39, 0.29) is 0 Å². The Kier molecular flexibility index (Phi) is 1.51. The fourth-order valence-corrected chi connectivity index (χ4v) is 3.37. The maximum atomic E-state index is 2.45. The first-order valence-corrected chi connectivity index (χ1v) is 4.79. The van der Waals surface area contributed by atoms with Crippen molar-refractivity contribution < 1.29 is 0 Å². The second-order valence-corrected chi connectivity index (χ2v) is 4.45. The van der Waals surface area contributed by atoms with Crippen LogP contribution in [0.25, 0.3) is 0 Å². The first kappa shape index (κ1) is 6.69. The van der Waals surface area contributed by atoms with Gasteiger partial charge in [0.1, 0.15) is 0 Å². The molecule has 0 saturated heterocycles. The Balaban J connectivity index is 2.11. The van der Waals surface area contributed by atoms with Crippen molar-refractivity contribution in [2.45, 2.75) is 39.5 Å². The SMILES string of the molecule is CC1C[C@@H](C)[C@H]2CCC[C@H]12. The van der Waals surface area contributed by atoms with Gasteiger partial charge in [-0.05, 0) is 42.9 Å². The lowest BCUT2D eigenvalue weighted by Gasteiger charge is -2.13. The fourth-order valence-electron chi connectivity index (χ4n) is 3.37. The first-order chi connectivity index (χ1) is 4.79. The third-order valence-corrected chi connectivity index (χ3v) is 3.83. The maximum Gasteiger partial charge on any atom is -0.0357 e. The average molecular weight is 138 g/mol. The van der Waals surface area contributed by atoms with Gasteiger partial charge in [0.25, 0.3) is 0 Å². The zero-order valence-corrected chi connectivity index (χ0v) is 7.14. The molecule has 0 aromatic heterocycles. The predicted molar refractivity (Wildman–Crippen MR) is 43.8 cm³/mol. The van der Waals surface area contributed by atoms with Crippen LogP contribution in [0.1, 0.15) is 39.5 Å². The molecular formula is C10H18. The van der Waals surface area contributed by atoms with E-state index in [1.54, 1.807) is 0 Å². The third kappa shape index (κ3) is 0.810. The minimum atomic E-state index is 1.04. The van der Waals surface area contributed by atoms with E-state index >= 15 is 0 Å². The van der Waals surface area contributed by atoms with Gasteiger partial charge in [-0.15, -0.1) is 0 Å². The molecule has 2 aliphatic carbocycles. The van der Waals surface area contributed by atoms with Crippen molar-refractivity contribution in [1.29, 1.82) is 0 Å². The van der Waals surface area contributed by atoms with Gasteiger partial charge in [0.15, 0.2) is 0 Å². The second kappa shape index (κ2) is 2.25. The average Bonchev–Trinajstić information content (AvgIpc) is 2.39. The molecule has 0 bridgehead atoms. The summed E-state index contributed by atoms with van der Waals surface area (Å²) in [6, 6.07) is 0. The molecular weight excluding hydrogens is 120 g/mol. The Morgan fingerprint density at radius 2 is 1.40 bits per heavy atom. The van der Waals surface area contributed by atoms with Crippen molar-refractivity contribution in [2.75, 3.05) is 0 Å². The van der Waals surface area contributed by atoms with Crippen LogP contribution in [0.15, 0.2) is 0 Å². The van der Waals surface area contributed by atoms with Gasteiger partial charge in [-0.25, -0.2) is 0 Å². The van der Waals surface area contributed by atoms with Crippen LogP contribution in [0.2, 0.25) is 0 Å². The van der Waals surface area contributed by atoms with E-state index in [1.165, 1.54) is 25.7 Å². The van der Waals surface area contributed by atoms with Crippen molar-refractivity contribution in [1.82, 2.24) is 0 Å². The molecule has 2 rings (SSSR count). The minimum Gasteiger partial charge on any atom is -0.0622 e. The zero-order valence-electron chi connectivity index (χ0n) is 7.14. The molecule has 0 aromatic carbocycles. The van der Waals surface area contributed by atoms with Gasteiger partial charge in [0.05, 0.1) is 0 Å². The van der Waals surface area contributed by atoms with Gasteiger partial charge < -0.3 is 0 Å². The van der Waals surface area contributed by atoms with E-state index in [9.17, 15) is 0 Å². The lowest BCUT2D eigenvalue weighted by atomic mass is 9.92. The van der Waals surface area contributed by atoms with Gasteiger partial charge >= 0.3 is 0 Å². The second-order valence-electron chi connectivity index (χ2n) is 4.45. The molecule has 0 spiro atoms. The number of rotatable bonds is 0. The summed E-state index contributed by atoms with van der Waals surface area (Å²) in [6.07, 6.45) is 6.10. The molecule has 0 radical (unpaired) electrons. The summed E-state index contributed by atoms with van der Waals surface area (Å²) in [4.78, 5) is 0. The number of hydrogen-bond acceptors (Lipinski definition) is 0. The lowest BCUT2D eigenvalue weighted by molar-refractivity contribution is 0.352. The molecule has 1 unspecified atom stereocenters. The van der Waals surface area contributed by atoms with E-state index < -0.39 is 0 Å². The summed E-state index contributed by atoms with van der Waals surface area (Å²) >= 11 is 0. The predicted octanol–water partition coefficient (Wildman–Crippen LogP) is 3.08. The van der Waals surface area contributed by atoms with Crippen LogP contribution in [0.5, 0.6) is 0 Å². The van der Waals surface area contributed by atoms with Gasteiger partial charge in [0, 0.05) is 0 Å². The molecule has 4 atom stereocenters. The Morgan fingerprint density at radius 1 is 0.900 bits per heavy atom. The van der Waals surface area contributed by atoms with E-state index in [2.05, 4.69) is 13.8 Å². The molecule has 0 N–H and O–H groups in total. The van der Waals surface area contributed by atoms with Gasteiger partial charge in [-0.3, -0.25) is 0 Å². The zero-order chi connectivity index (χ0) is 7.14. The fraction of sp³-hybridized carbons (Fsp3) is 1.00. The topological polar surface area (TPSA) is 0 Å². The van der Waals surface area contributed by atoms with Crippen LogP contribution in [0.4, 0.5) is 0 Å². The van der Waals surface area contributed by atoms with Crippen LogP contribution >= 0.6 is 0 Å². The largest absolute Gasteiger partial charge is 0.0622 e. The van der Waals surface area contributed by atoms with E-state index in [0.717, 1.165) is 23.7 Å². The molecule has 58 valence electrons. The molecule has 0 heteroatoms. The normalized spacial score (nSPS) is 53.4. The molecule has 2 saturated carbocycles. The van der Waals surface area contributed by atoms with Crippen molar-refractivity contribution >= 4 is 0 Å². The summed E-state index contributed by atoms with van der Waals surface area (Å²) in [7, 11) is 0. The summed E-state index contributed by atoms with van der Waals surface area (Å²) in [5, 5.41) is 0. The summed E-state index contributed by atoms with van der Waals surface area (Å²) in [5.41, 5.74) is 0. The van der Waals surface area contributed by atoms with E-state index in [1.807, 2.05) is 0 Å². The first-order valence-electron chi connectivity index (χ1n) is 4.79. The highest BCUT2D eigenvalue weighted by Crippen LogP contribution is 2.50. The molecule has 0 amide bonds. The number of hydrogen-bond donors (Lipinski definition) is 0. The molecule has 10 heavy (non-hydrogen) atoms. The molecule has 0 nitrogen and oxygen atoms in total. The van der Waals surface area contributed by atoms with Gasteiger partial charge in [-0.1, -0.05) is 20.3 Å². The Morgan fingerprint density at radius 3 is 1.90 bits per heavy atom. The molecule has 0 aromatic rings. The highest BCUT2D eigenvalue weighted by molar-refractivity contribution is 4.90. The maximum absolute atomic E-state index is 2.45. The summed E-state index contributed by atoms with van der Waals surface area (Å²) in [5.74, 6) is 4.33. The molecule has 2 aliphatic rings. The summed E-state index contributed by atoms with van der Waals surface area (Å²) < 4.78 is 0. The van der Waals surface area contributed by atoms with Crippen molar-refractivity contribution in [3.05, 3.63) is 0 Å². The molecule has 2 fully saturated rings. The smallest absolute Gasteiger partial charge is 0.0357 e. The van der Waals surface area contributed by atoms with E-state index in [0.29, 0.717) is 0 Å². The lowest BCUT2D eigenvalue weighted by Crippen LogP contribution is -2.07. The summed E-state index contributed by atoms with van der Waals surface area (Å²) in [6.45, 7) is 4.90. The Bertz CT molecular complexity index is 114. The highest BCUT2D eigenvalue weighted by Gasteiger charge is 2.40. The highest BCUT2D eigenvalue weighted by atomic mass is 14.5. The quantitative estimate of drug-likeness (QED) is 0.482. The molecule has 0 aliphatic heterocycles. The van der Waals surface area contributed by atoms with Crippen LogP contribution in [-0.4, -0.2) is 0 Å². The van der Waals surface area contributed by atoms with Crippen LogP contribution in [0.3, 0.4) is 0 Å². The Hall–Kier alpha value is 0. The van der Waals surface area contributed by atoms with Crippen molar-refractivity contribution in [3.63, 3.8) is 0 Å². The van der Waals surface area contributed by atoms with Crippen LogP contribution in [0, 0.1) is 23.7 Å². The minimum absolute atomic E-state index is 1.04. The third-order valence-electron chi connectivity index (χ3n) is 3.83. The standard InChI is InChI=1S/C10H18/c1-7-6-8(2)10-5-3-4-9(7)10/h7-10H,3-6H2,1-2H3/t7-,8?,9-,10-/m1/s1. The van der Waals surface area contributed by atoms with Crippen molar-refractivity contribution in [3.8, 4) is 0 Å². The van der Waals surface area contributed by atoms with Crippen LogP contribution < -0.4 is 0 Å². The molecule has 0 heterocycles. The number of fused-ring (bicyclic) bond motifs is 1. The monoisotopic (exact) mass is 138 g/mol. The van der Waals surface area contributed by atoms with Gasteiger partial charge in [0.2, 0.25) is 0 Å². The van der Waals surface area contributed by atoms with Gasteiger partial charge in [-0.2, -0.15) is 0 Å². The van der Waals surface area contributed by atoms with Crippen LogP contribution in [-0.2, 0) is 0 Å². The van der Waals surface area contributed by atoms with E-state index in [4.69, 9.17) is 0 Å². The van der Waals surface area contributed by atoms with Crippen molar-refractivity contribution in [2.24, 2.45) is 23.7 Å². The Labute approximate surface area is 64.0 Å².